The highest BCUT2D eigenvalue weighted by Gasteiger charge is 2.10. The monoisotopic (exact) mass is 305 g/mol. The van der Waals surface area contributed by atoms with Crippen molar-refractivity contribution in [3.8, 4) is 11.1 Å². The number of rotatable bonds is 3. The summed E-state index contributed by atoms with van der Waals surface area (Å²) in [5, 5.41) is 1.14. The van der Waals surface area contributed by atoms with Gasteiger partial charge in [-0.3, -0.25) is 4.79 Å². The van der Waals surface area contributed by atoms with Crippen molar-refractivity contribution in [2.45, 2.75) is 0 Å². The van der Waals surface area contributed by atoms with E-state index in [-0.39, 0.29) is 5.91 Å². The molecule has 4 heteroatoms. The number of H-pyrrole nitrogens is 1. The molecule has 0 atom stereocenters. The number of fused-ring (bicyclic) bond motifs is 1. The number of amides is 1. The number of para-hydroxylation sites is 1. The fraction of sp³-hybridized carbons (Fsp3) is 0.105. The van der Waals surface area contributed by atoms with Crippen molar-refractivity contribution >= 4 is 28.6 Å². The minimum absolute atomic E-state index is 0.0720. The Morgan fingerprint density at radius 1 is 1.09 bits per heavy atom. The Balaban J connectivity index is 2.15. The molecular formula is C19H19N3O. The van der Waals surface area contributed by atoms with Crippen LogP contribution in [0.1, 0.15) is 5.56 Å². The van der Waals surface area contributed by atoms with Crippen LogP contribution in [0.15, 0.2) is 54.7 Å². The molecule has 3 N–H and O–H groups in total. The molecule has 23 heavy (non-hydrogen) atoms. The Morgan fingerprint density at radius 3 is 2.61 bits per heavy atom. The van der Waals surface area contributed by atoms with Crippen molar-refractivity contribution in [3.63, 3.8) is 0 Å². The normalized spacial score (nSPS) is 11.2. The Morgan fingerprint density at radius 2 is 1.83 bits per heavy atom. The lowest BCUT2D eigenvalue weighted by Gasteiger charge is -2.11. The third kappa shape index (κ3) is 2.83. The first-order chi connectivity index (χ1) is 11.1. The number of hydrogen-bond acceptors (Lipinski definition) is 2. The first kappa shape index (κ1) is 14.9. The standard InChI is InChI=1S/C19H19N3O/c1-22(2)18(23)10-9-15-14(6-4-8-17(15)20)16-7-3-5-13-11-12-21-19(13)16/h3-12,21H,20H2,1-2H3/b10-9+. The van der Waals surface area contributed by atoms with E-state index in [1.54, 1.807) is 26.2 Å². The fourth-order valence-corrected chi connectivity index (χ4v) is 2.62. The second-order valence-corrected chi connectivity index (χ2v) is 5.62. The Kier molecular flexibility index (Phi) is 3.89. The average Bonchev–Trinajstić information content (AvgIpc) is 3.01. The number of anilines is 1. The molecule has 0 aliphatic carbocycles. The van der Waals surface area contributed by atoms with E-state index in [2.05, 4.69) is 17.1 Å². The maximum absolute atomic E-state index is 11.8. The van der Waals surface area contributed by atoms with Crippen LogP contribution >= 0.6 is 0 Å². The molecule has 0 saturated heterocycles. The van der Waals surface area contributed by atoms with Gasteiger partial charge >= 0.3 is 0 Å². The van der Waals surface area contributed by atoms with Gasteiger partial charge in [-0.25, -0.2) is 0 Å². The third-order valence-corrected chi connectivity index (χ3v) is 3.85. The number of aromatic amines is 1. The summed E-state index contributed by atoms with van der Waals surface area (Å²) in [4.78, 5) is 16.6. The van der Waals surface area contributed by atoms with Crippen molar-refractivity contribution in [2.75, 3.05) is 19.8 Å². The molecule has 4 nitrogen and oxygen atoms in total. The van der Waals surface area contributed by atoms with Crippen LogP contribution in [0.25, 0.3) is 28.1 Å². The molecule has 0 aliphatic heterocycles. The summed E-state index contributed by atoms with van der Waals surface area (Å²) in [6.45, 7) is 0. The van der Waals surface area contributed by atoms with E-state index < -0.39 is 0 Å². The predicted octanol–water partition coefficient (Wildman–Crippen LogP) is 3.52. The van der Waals surface area contributed by atoms with Gasteiger partial charge in [-0.2, -0.15) is 0 Å². The molecule has 1 heterocycles. The predicted molar refractivity (Wildman–Crippen MR) is 95.9 cm³/mol. The molecule has 0 radical (unpaired) electrons. The second kappa shape index (κ2) is 6.01. The van der Waals surface area contributed by atoms with Gasteiger partial charge in [-0.1, -0.05) is 30.3 Å². The van der Waals surface area contributed by atoms with Crippen LogP contribution < -0.4 is 5.73 Å². The van der Waals surface area contributed by atoms with E-state index in [0.717, 1.165) is 27.6 Å². The van der Waals surface area contributed by atoms with Crippen molar-refractivity contribution in [3.05, 3.63) is 60.3 Å². The van der Waals surface area contributed by atoms with Gasteiger partial charge in [0.05, 0.1) is 5.52 Å². The smallest absolute Gasteiger partial charge is 0.246 e. The van der Waals surface area contributed by atoms with Gasteiger partial charge < -0.3 is 15.6 Å². The van der Waals surface area contributed by atoms with E-state index in [1.807, 2.05) is 36.5 Å². The first-order valence-corrected chi connectivity index (χ1v) is 7.42. The SMILES string of the molecule is CN(C)C(=O)/C=C/c1c(N)cccc1-c1cccc2cc[nH]c12. The summed E-state index contributed by atoms with van der Waals surface area (Å²) in [5.74, 6) is -0.0720. The first-order valence-electron chi connectivity index (χ1n) is 7.42. The van der Waals surface area contributed by atoms with Gasteiger partial charge in [0.1, 0.15) is 0 Å². The van der Waals surface area contributed by atoms with Gasteiger partial charge in [0, 0.05) is 43.2 Å². The molecule has 0 spiro atoms. The third-order valence-electron chi connectivity index (χ3n) is 3.85. The number of nitrogens with two attached hydrogens (primary N) is 1. The number of hydrogen-bond donors (Lipinski definition) is 2. The fourth-order valence-electron chi connectivity index (χ4n) is 2.62. The van der Waals surface area contributed by atoms with Gasteiger partial charge in [-0.05, 0) is 29.2 Å². The number of aromatic nitrogens is 1. The molecule has 1 aromatic heterocycles. The lowest BCUT2D eigenvalue weighted by atomic mass is 9.96. The summed E-state index contributed by atoms with van der Waals surface area (Å²) in [6, 6.07) is 14.0. The van der Waals surface area contributed by atoms with Crippen LogP contribution in [-0.4, -0.2) is 29.9 Å². The van der Waals surface area contributed by atoms with E-state index in [9.17, 15) is 4.79 Å². The summed E-state index contributed by atoms with van der Waals surface area (Å²) < 4.78 is 0. The summed E-state index contributed by atoms with van der Waals surface area (Å²) in [6.07, 6.45) is 5.25. The number of benzene rings is 2. The quantitative estimate of drug-likeness (QED) is 0.574. The Labute approximate surface area is 135 Å². The molecule has 0 unspecified atom stereocenters. The van der Waals surface area contributed by atoms with Gasteiger partial charge in [0.15, 0.2) is 0 Å². The molecule has 0 saturated carbocycles. The second-order valence-electron chi connectivity index (χ2n) is 5.62. The van der Waals surface area contributed by atoms with Crippen LogP contribution in [0.5, 0.6) is 0 Å². The summed E-state index contributed by atoms with van der Waals surface area (Å²) in [7, 11) is 3.45. The summed E-state index contributed by atoms with van der Waals surface area (Å²) in [5.41, 5.74) is 10.8. The molecule has 3 rings (SSSR count). The van der Waals surface area contributed by atoms with Crippen molar-refractivity contribution in [1.82, 2.24) is 9.88 Å². The molecular weight excluding hydrogens is 286 g/mol. The molecule has 3 aromatic rings. The number of nitrogens with zero attached hydrogens (tertiary/aromatic N) is 1. The lowest BCUT2D eigenvalue weighted by molar-refractivity contribution is -0.123. The number of nitrogens with one attached hydrogen (secondary N) is 1. The number of carbonyl (C=O) groups is 1. The van der Waals surface area contributed by atoms with E-state index in [1.165, 1.54) is 4.90 Å². The van der Waals surface area contributed by atoms with Gasteiger partial charge in [0.2, 0.25) is 5.91 Å². The zero-order chi connectivity index (χ0) is 16.4. The topological polar surface area (TPSA) is 62.1 Å². The molecule has 2 aromatic carbocycles. The number of nitrogen functional groups attached to an aromatic ring is 1. The van der Waals surface area contributed by atoms with Gasteiger partial charge in [0.25, 0.3) is 0 Å². The number of carbonyl (C=O) groups excluding carboxylic acids is 1. The van der Waals surface area contributed by atoms with Gasteiger partial charge in [-0.15, -0.1) is 0 Å². The highest BCUT2D eigenvalue weighted by atomic mass is 16.2. The van der Waals surface area contributed by atoms with Crippen LogP contribution in [-0.2, 0) is 4.79 Å². The number of likely N-dealkylation sites (N-methyl/N-ethyl adjacent to an activating group) is 1. The van der Waals surface area contributed by atoms with Crippen molar-refractivity contribution in [1.29, 1.82) is 0 Å². The molecule has 1 amide bonds. The minimum atomic E-state index is -0.0720. The van der Waals surface area contributed by atoms with Crippen molar-refractivity contribution in [2.24, 2.45) is 0 Å². The maximum atomic E-state index is 11.8. The maximum Gasteiger partial charge on any atom is 0.246 e. The molecule has 0 aliphatic rings. The Hall–Kier alpha value is -3.01. The zero-order valence-corrected chi connectivity index (χ0v) is 13.2. The molecule has 0 fully saturated rings. The molecule has 116 valence electrons. The lowest BCUT2D eigenvalue weighted by Crippen LogP contribution is -2.18. The summed E-state index contributed by atoms with van der Waals surface area (Å²) >= 11 is 0. The Bertz CT molecular complexity index is 891. The highest BCUT2D eigenvalue weighted by Crippen LogP contribution is 2.33. The minimum Gasteiger partial charge on any atom is -0.398 e. The van der Waals surface area contributed by atoms with E-state index in [0.29, 0.717) is 5.69 Å². The van der Waals surface area contributed by atoms with E-state index in [4.69, 9.17) is 5.73 Å². The van der Waals surface area contributed by atoms with Crippen LogP contribution in [0.2, 0.25) is 0 Å². The largest absolute Gasteiger partial charge is 0.398 e. The van der Waals surface area contributed by atoms with Crippen LogP contribution in [0.3, 0.4) is 0 Å². The molecule has 0 bridgehead atoms. The zero-order valence-electron chi connectivity index (χ0n) is 13.2. The van der Waals surface area contributed by atoms with Crippen LogP contribution in [0, 0.1) is 0 Å². The van der Waals surface area contributed by atoms with Crippen molar-refractivity contribution < 1.29 is 4.79 Å². The van der Waals surface area contributed by atoms with Crippen LogP contribution in [0.4, 0.5) is 5.69 Å². The highest BCUT2D eigenvalue weighted by molar-refractivity contribution is 5.99. The van der Waals surface area contributed by atoms with E-state index >= 15 is 0 Å². The average molecular weight is 305 g/mol.